The minimum absolute atomic E-state index is 0. The zero-order valence-corrected chi connectivity index (χ0v) is 59.9. The van der Waals surface area contributed by atoms with Crippen molar-refractivity contribution in [1.29, 1.82) is 0 Å². The predicted octanol–water partition coefficient (Wildman–Crippen LogP) is 18.6. The van der Waals surface area contributed by atoms with Crippen LogP contribution in [0, 0.1) is 43.3 Å². The summed E-state index contributed by atoms with van der Waals surface area (Å²) in [6, 6.07) is 82.5. The number of benzene rings is 8. The Kier molecular flexibility index (Phi) is 69.6. The first-order chi connectivity index (χ1) is 30.2. The Labute approximate surface area is 562 Å². The van der Waals surface area contributed by atoms with Gasteiger partial charge in [0.1, 0.15) is 0 Å². The van der Waals surface area contributed by atoms with Crippen LogP contribution in [0.4, 0.5) is 0 Å². The van der Waals surface area contributed by atoms with E-state index in [0.29, 0.717) is 0 Å². The van der Waals surface area contributed by atoms with Crippen molar-refractivity contribution in [1.82, 2.24) is 0 Å². The van der Waals surface area contributed by atoms with Crippen molar-refractivity contribution in [3.05, 3.63) is 230 Å². The third-order valence-electron chi connectivity index (χ3n) is 7.74. The molecule has 8 rings (SSSR count). The maximum absolute atomic E-state index is 3.32. The Morgan fingerprint density at radius 2 is 0.493 bits per heavy atom. The smallest absolute Gasteiger partial charge is 0 e. The molecule has 0 saturated heterocycles. The molecule has 0 aliphatic carbocycles. The minimum Gasteiger partial charge on any atom is -0.226 e. The third kappa shape index (κ3) is 33.7. The molecule has 0 heterocycles. The summed E-state index contributed by atoms with van der Waals surface area (Å²) < 4.78 is 0. The average Bonchev–Trinajstić information content (AvgIpc) is 3.39. The molecule has 0 atom stereocenters. The van der Waals surface area contributed by atoms with Gasteiger partial charge in [0.05, 0.1) is 0 Å². The van der Waals surface area contributed by atoms with E-state index >= 15 is 0 Å². The fourth-order valence-corrected chi connectivity index (χ4v) is 5.35. The molecule has 67 heavy (non-hydrogen) atoms. The number of hydrogen-bond acceptors (Lipinski definition) is 0. The molecule has 0 aliphatic heterocycles. The molecule has 8 aromatic carbocycles. The van der Waals surface area contributed by atoms with Crippen LogP contribution in [0.3, 0.4) is 0 Å². The minimum atomic E-state index is 0. The molecular weight excluding hydrogens is 1270 g/mol. The van der Waals surface area contributed by atoms with Gasteiger partial charge in [-0.15, -0.1) is 42.0 Å². The van der Waals surface area contributed by atoms with E-state index in [9.17, 15) is 0 Å². The normalized spacial score (nSPS) is 7.96. The second kappa shape index (κ2) is 57.3. The maximum atomic E-state index is 3.32. The molecule has 0 N–H and O–H groups in total. The Hall–Kier alpha value is 0.383. The van der Waals surface area contributed by atoms with Crippen molar-refractivity contribution < 1.29 is 196 Å². The summed E-state index contributed by atoms with van der Waals surface area (Å²) in [6.07, 6.45) is 0. The van der Waals surface area contributed by atoms with Gasteiger partial charge in [-0.2, -0.15) is 140 Å². The van der Waals surface area contributed by atoms with Gasteiger partial charge in [0.15, 0.2) is 0 Å². The van der Waals surface area contributed by atoms with Crippen LogP contribution in [-0.4, -0.2) is 0 Å². The largest absolute Gasteiger partial charge is 0.226 e. The van der Waals surface area contributed by atoms with Crippen LogP contribution in [0.15, 0.2) is 188 Å². The number of hydrogen-bond donors (Lipinski definition) is 0. The summed E-state index contributed by atoms with van der Waals surface area (Å²) in [7, 11) is 0. The van der Waals surface area contributed by atoms with Gasteiger partial charge in [-0.05, 0) is 35.2 Å². The molecule has 0 unspecified atom stereocenters. The number of aryl methyl sites for hydroxylation is 1. The molecule has 0 bridgehead atoms. The van der Waals surface area contributed by atoms with Gasteiger partial charge in [-0.1, -0.05) is 126 Å². The van der Waals surface area contributed by atoms with Crippen molar-refractivity contribution in [2.45, 2.75) is 90.0 Å². The Morgan fingerprint density at radius 3 is 0.791 bits per heavy atom. The van der Waals surface area contributed by atoms with Crippen LogP contribution >= 0.6 is 0 Å². The maximum Gasteiger partial charge on any atom is 0 e. The fraction of sp³-hybridized carbons (Fsp3) is 0.213. The average molecular weight is 1340 g/mol. The van der Waals surface area contributed by atoms with E-state index in [1.54, 1.807) is 0 Å². The van der Waals surface area contributed by atoms with Gasteiger partial charge >= 0.3 is 0 Å². The van der Waals surface area contributed by atoms with Crippen LogP contribution in [0.2, 0.25) is 0 Å². The molecule has 8 aromatic rings. The first kappa shape index (κ1) is 81.4. The molecule has 338 valence electrons. The van der Waals surface area contributed by atoms with Crippen LogP contribution < -0.4 is 0 Å². The van der Waals surface area contributed by atoms with Crippen LogP contribution in [0.25, 0.3) is 55.6 Å². The van der Waals surface area contributed by atoms with E-state index in [1.165, 1.54) is 27.8 Å². The summed E-state index contributed by atoms with van der Waals surface area (Å²) in [6.45, 7) is 26.1. The standard InChI is InChI=1S/C25H18.2C12H8.6C2H6.6Y/c1-19-15-24(21-11-6-3-7-12-21)18-25(16-19)23-14-8-13-22(17-23)20-9-4-2-5-10-20;2*1-3-7-11(8-4-1)12-9-5-2-6-10-12;6*1-2;;;;;;/h2-9,11-12,14-18H,1H3;2*1-7,9H;6*1-2H3;;;;;;/q3*-2;;;;;;;;;;;;. The molecule has 0 nitrogen and oxygen atoms in total. The first-order valence-electron chi connectivity index (χ1n) is 22.3. The molecule has 6 heteroatoms. The molecule has 0 aliphatic rings. The Bertz CT molecular complexity index is 2000. The molecule has 0 saturated carbocycles. The summed E-state index contributed by atoms with van der Waals surface area (Å²) in [5, 5.41) is 0. The van der Waals surface area contributed by atoms with Crippen LogP contribution in [0.1, 0.15) is 88.6 Å². The molecule has 0 fully saturated rings. The molecule has 0 amide bonds. The predicted molar refractivity (Wildman–Crippen MR) is 272 cm³/mol. The van der Waals surface area contributed by atoms with Crippen molar-refractivity contribution in [2.24, 2.45) is 0 Å². The van der Waals surface area contributed by atoms with Crippen LogP contribution in [0.5, 0.6) is 0 Å². The molecule has 0 spiro atoms. The van der Waals surface area contributed by atoms with Crippen molar-refractivity contribution in [3.63, 3.8) is 0 Å². The molecular formula is C61H70Y6-6. The zero-order chi connectivity index (χ0) is 45.5. The molecule has 0 aromatic heterocycles. The van der Waals surface area contributed by atoms with E-state index in [2.05, 4.69) is 110 Å². The van der Waals surface area contributed by atoms with Gasteiger partial charge in [-0.3, -0.25) is 0 Å². The monoisotopic (exact) mass is 1340 g/mol. The van der Waals surface area contributed by atoms with Crippen LogP contribution in [-0.2, 0) is 196 Å². The SMILES string of the molecule is CC.CC.CC.CC.CC.CC.Cc1cc(-c2ccccc2)cc(-c2cc[c-]c(-c3[c-]cccc3)c2)c1.[Y].[Y].[Y].[Y].[Y].[Y].[c-]1ccccc1-c1[c-]cccc1.[c-]1ccccc1-c1[c-]cccc1. The van der Waals surface area contributed by atoms with Crippen molar-refractivity contribution >= 4 is 0 Å². The van der Waals surface area contributed by atoms with Gasteiger partial charge in [0.2, 0.25) is 0 Å². The summed E-state index contributed by atoms with van der Waals surface area (Å²) in [5.74, 6) is 0. The van der Waals surface area contributed by atoms with E-state index < -0.39 is 0 Å². The second-order valence-corrected chi connectivity index (χ2v) is 11.3. The quantitative estimate of drug-likeness (QED) is 0.151. The van der Waals surface area contributed by atoms with Gasteiger partial charge in [0.25, 0.3) is 0 Å². The van der Waals surface area contributed by atoms with Gasteiger partial charge in [-0.25, -0.2) is 33.4 Å². The van der Waals surface area contributed by atoms with Crippen molar-refractivity contribution in [2.75, 3.05) is 0 Å². The molecule has 6 radical (unpaired) electrons. The van der Waals surface area contributed by atoms with Gasteiger partial charge in [0, 0.05) is 196 Å². The number of rotatable bonds is 5. The summed E-state index contributed by atoms with van der Waals surface area (Å²) in [5.41, 5.74) is 12.7. The first-order valence-corrected chi connectivity index (χ1v) is 22.3. The zero-order valence-electron chi connectivity index (χ0n) is 42.9. The Morgan fingerprint density at radius 1 is 0.224 bits per heavy atom. The van der Waals surface area contributed by atoms with E-state index in [-0.39, 0.29) is 196 Å². The van der Waals surface area contributed by atoms with E-state index in [1.807, 2.05) is 204 Å². The fourth-order valence-electron chi connectivity index (χ4n) is 5.35. The second-order valence-electron chi connectivity index (χ2n) is 11.3. The third-order valence-corrected chi connectivity index (χ3v) is 7.74. The van der Waals surface area contributed by atoms with E-state index in [0.717, 1.165) is 33.4 Å². The summed E-state index contributed by atoms with van der Waals surface area (Å²) >= 11 is 0. The summed E-state index contributed by atoms with van der Waals surface area (Å²) in [4.78, 5) is 0. The topological polar surface area (TPSA) is 0 Å². The van der Waals surface area contributed by atoms with Gasteiger partial charge < -0.3 is 0 Å². The Balaban J connectivity index is -0.000000148. The van der Waals surface area contributed by atoms with Crippen molar-refractivity contribution in [3.8, 4) is 55.6 Å². The van der Waals surface area contributed by atoms with E-state index in [4.69, 9.17) is 0 Å².